The average Bonchev–Trinajstić information content (AvgIpc) is 2.79. The number of nitrogens with two attached hydrogens (primary N) is 1. The summed E-state index contributed by atoms with van der Waals surface area (Å²) in [4.78, 5) is 26.2. The zero-order chi connectivity index (χ0) is 22.9. The number of carbonyl (C=O) groups excluding carboxylic acids is 2. The number of carbonyl (C=O) groups is 2. The van der Waals surface area contributed by atoms with Gasteiger partial charge in [0.25, 0.3) is 0 Å². The molecule has 0 amide bonds. The van der Waals surface area contributed by atoms with Crippen LogP contribution in [-0.2, 0) is 15.0 Å². The third-order valence-corrected chi connectivity index (χ3v) is 6.45. The summed E-state index contributed by atoms with van der Waals surface area (Å²) in [6, 6.07) is 19.5. The van der Waals surface area contributed by atoms with Crippen molar-refractivity contribution in [2.24, 2.45) is 0 Å². The van der Waals surface area contributed by atoms with Crippen LogP contribution in [0.1, 0.15) is 29.0 Å². The molecule has 2 atom stereocenters. The summed E-state index contributed by atoms with van der Waals surface area (Å²) in [6.45, 7) is 0. The summed E-state index contributed by atoms with van der Waals surface area (Å²) >= 11 is 12.4. The van der Waals surface area contributed by atoms with Gasteiger partial charge in [0.05, 0.1) is 12.5 Å². The topological polar surface area (TPSA) is 69.4 Å². The number of nitrogen functional groups attached to an aromatic ring is 1. The second-order valence-electron chi connectivity index (χ2n) is 7.80. The van der Waals surface area contributed by atoms with E-state index in [0.717, 1.165) is 11.8 Å². The van der Waals surface area contributed by atoms with Crippen LogP contribution < -0.4 is 10.5 Å². The number of hydrogen-bond acceptors (Lipinski definition) is 4. The maximum absolute atomic E-state index is 13.3. The van der Waals surface area contributed by atoms with Crippen molar-refractivity contribution in [2.75, 3.05) is 12.8 Å². The fraction of sp³-hybridized carbons (Fsp3) is 0.154. The number of anilines is 1. The number of allylic oxidation sites excluding steroid dienone is 2. The number of ketones is 1. The molecule has 3 aromatic carbocycles. The smallest absolute Gasteiger partial charge is 0.163 e. The molecule has 1 aliphatic carbocycles. The molecule has 3 aromatic rings. The Morgan fingerprint density at radius 1 is 1.03 bits per heavy atom. The van der Waals surface area contributed by atoms with Gasteiger partial charge in [0, 0.05) is 33.6 Å². The van der Waals surface area contributed by atoms with Gasteiger partial charge in [0.15, 0.2) is 5.78 Å². The molecule has 0 saturated carbocycles. The van der Waals surface area contributed by atoms with Crippen LogP contribution in [0.25, 0.3) is 5.57 Å². The van der Waals surface area contributed by atoms with Gasteiger partial charge in [-0.2, -0.15) is 0 Å². The molecule has 0 saturated heterocycles. The largest absolute Gasteiger partial charge is 0.497 e. The Hall–Kier alpha value is -3.08. The lowest BCUT2D eigenvalue weighted by atomic mass is 9.61. The Morgan fingerprint density at radius 3 is 2.38 bits per heavy atom. The minimum Gasteiger partial charge on any atom is -0.497 e. The Labute approximate surface area is 196 Å². The third kappa shape index (κ3) is 3.92. The van der Waals surface area contributed by atoms with Crippen LogP contribution in [0.4, 0.5) is 5.69 Å². The van der Waals surface area contributed by atoms with Gasteiger partial charge in [-0.25, -0.2) is 0 Å². The van der Waals surface area contributed by atoms with Gasteiger partial charge >= 0.3 is 0 Å². The molecule has 0 unspecified atom stereocenters. The first kappa shape index (κ1) is 22.1. The monoisotopic (exact) mass is 465 g/mol. The molecule has 0 aliphatic heterocycles. The lowest BCUT2D eigenvalue weighted by molar-refractivity contribution is -0.116. The number of aldehydes is 1. The van der Waals surface area contributed by atoms with E-state index in [1.165, 1.54) is 0 Å². The van der Waals surface area contributed by atoms with Crippen LogP contribution in [0.2, 0.25) is 10.0 Å². The quantitative estimate of drug-likeness (QED) is 0.378. The number of methoxy groups -OCH3 is 1. The molecule has 162 valence electrons. The predicted octanol–water partition coefficient (Wildman–Crippen LogP) is 5.86. The maximum Gasteiger partial charge on any atom is 0.163 e. The van der Waals surface area contributed by atoms with Gasteiger partial charge in [-0.15, -0.1) is 0 Å². The Kier molecular flexibility index (Phi) is 6.09. The highest BCUT2D eigenvalue weighted by Gasteiger charge is 2.46. The minimum atomic E-state index is -1.18. The number of halogens is 2. The second-order valence-corrected chi connectivity index (χ2v) is 8.68. The molecule has 32 heavy (non-hydrogen) atoms. The van der Waals surface area contributed by atoms with Crippen LogP contribution >= 0.6 is 23.2 Å². The second kappa shape index (κ2) is 8.81. The summed E-state index contributed by atoms with van der Waals surface area (Å²) in [7, 11) is 1.58. The fourth-order valence-corrected chi connectivity index (χ4v) is 4.77. The molecule has 0 spiro atoms. The van der Waals surface area contributed by atoms with Crippen LogP contribution in [0.5, 0.6) is 5.75 Å². The number of Topliss-reactive ketones (excluding diaryl/α,β-unsaturated/α-hetero) is 1. The van der Waals surface area contributed by atoms with Crippen LogP contribution in [-0.4, -0.2) is 19.2 Å². The van der Waals surface area contributed by atoms with E-state index < -0.39 is 11.3 Å². The first-order valence-electron chi connectivity index (χ1n) is 10.1. The van der Waals surface area contributed by atoms with Crippen LogP contribution in [0.3, 0.4) is 0 Å². The van der Waals surface area contributed by atoms with Gasteiger partial charge in [0.2, 0.25) is 0 Å². The number of benzene rings is 3. The summed E-state index contributed by atoms with van der Waals surface area (Å²) in [6.07, 6.45) is 2.73. The molecule has 1 aliphatic rings. The third-order valence-electron chi connectivity index (χ3n) is 5.98. The molecular formula is C26H21Cl2NO3. The van der Waals surface area contributed by atoms with Gasteiger partial charge < -0.3 is 15.3 Å². The normalized spacial score (nSPS) is 20.5. The van der Waals surface area contributed by atoms with E-state index >= 15 is 0 Å². The van der Waals surface area contributed by atoms with Crippen molar-refractivity contribution in [1.82, 2.24) is 0 Å². The van der Waals surface area contributed by atoms with Crippen molar-refractivity contribution in [2.45, 2.75) is 17.8 Å². The zero-order valence-electron chi connectivity index (χ0n) is 17.3. The van der Waals surface area contributed by atoms with Gasteiger partial charge in [-0.1, -0.05) is 59.6 Å². The Balaban J connectivity index is 1.97. The molecule has 0 heterocycles. The first-order valence-corrected chi connectivity index (χ1v) is 10.8. The van der Waals surface area contributed by atoms with Crippen molar-refractivity contribution >= 4 is 46.5 Å². The highest BCUT2D eigenvalue weighted by molar-refractivity contribution is 6.31. The molecule has 4 nitrogen and oxygen atoms in total. The van der Waals surface area contributed by atoms with Crippen molar-refractivity contribution in [1.29, 1.82) is 0 Å². The van der Waals surface area contributed by atoms with Crippen LogP contribution in [0.15, 0.2) is 72.8 Å². The molecule has 2 N–H and O–H groups in total. The Bertz CT molecular complexity index is 1220. The van der Waals surface area contributed by atoms with E-state index in [0.29, 0.717) is 38.2 Å². The average molecular weight is 466 g/mol. The lowest BCUT2D eigenvalue weighted by Gasteiger charge is -2.39. The van der Waals surface area contributed by atoms with E-state index in [9.17, 15) is 9.59 Å². The number of rotatable bonds is 5. The number of hydrogen-bond donors (Lipinski definition) is 1. The van der Waals surface area contributed by atoms with Gasteiger partial charge in [0.1, 0.15) is 12.0 Å². The number of ether oxygens (including phenoxy) is 1. The summed E-state index contributed by atoms with van der Waals surface area (Å²) < 4.78 is 5.23. The van der Waals surface area contributed by atoms with Crippen molar-refractivity contribution in [3.8, 4) is 5.75 Å². The van der Waals surface area contributed by atoms with E-state index in [-0.39, 0.29) is 12.2 Å². The molecule has 0 bridgehead atoms. The van der Waals surface area contributed by atoms with E-state index in [2.05, 4.69) is 0 Å². The molecule has 4 rings (SSSR count). The standard InChI is InChI=1S/C26H21Cl2NO3/c1-32-20-8-5-16(6-9-20)21-14-26(15-30,22-10-7-19(28)12-24(22)29)23(13-25(21)31)17-3-2-4-18(27)11-17/h2-12,14-15,23H,13,29H2,1H3/t23-,26-/m0/s1. The molecule has 0 radical (unpaired) electrons. The van der Waals surface area contributed by atoms with Crippen molar-refractivity contribution in [3.05, 3.63) is 99.5 Å². The molecule has 0 fully saturated rings. The molecule has 6 heteroatoms. The van der Waals surface area contributed by atoms with Crippen LogP contribution in [0, 0.1) is 0 Å². The van der Waals surface area contributed by atoms with Crippen molar-refractivity contribution < 1.29 is 14.3 Å². The molecule has 0 aromatic heterocycles. The van der Waals surface area contributed by atoms with E-state index in [4.69, 9.17) is 33.7 Å². The van der Waals surface area contributed by atoms with Crippen molar-refractivity contribution in [3.63, 3.8) is 0 Å². The lowest BCUT2D eigenvalue weighted by Crippen LogP contribution is -2.39. The maximum atomic E-state index is 13.3. The summed E-state index contributed by atoms with van der Waals surface area (Å²) in [5, 5.41) is 1.00. The Morgan fingerprint density at radius 2 is 1.75 bits per heavy atom. The molecular weight excluding hydrogens is 445 g/mol. The fourth-order valence-electron chi connectivity index (χ4n) is 4.39. The van der Waals surface area contributed by atoms with E-state index in [1.807, 2.05) is 24.3 Å². The highest BCUT2D eigenvalue weighted by Crippen LogP contribution is 2.49. The highest BCUT2D eigenvalue weighted by atomic mass is 35.5. The zero-order valence-corrected chi connectivity index (χ0v) is 18.9. The van der Waals surface area contributed by atoms with Gasteiger partial charge in [-0.05, 0) is 53.1 Å². The first-order chi connectivity index (χ1) is 15.4. The minimum absolute atomic E-state index is 0.0647. The summed E-state index contributed by atoms with van der Waals surface area (Å²) in [5.74, 6) is 0.139. The SMILES string of the molecule is COc1ccc(C2=C[C@](C=O)(c3ccc(Cl)cc3N)[C@H](c3cccc(Cl)c3)CC2=O)cc1. The summed E-state index contributed by atoms with van der Waals surface area (Å²) in [5.41, 5.74) is 8.11. The predicted molar refractivity (Wildman–Crippen MR) is 128 cm³/mol. The van der Waals surface area contributed by atoms with E-state index in [1.54, 1.807) is 55.7 Å². The van der Waals surface area contributed by atoms with Gasteiger partial charge in [-0.3, -0.25) is 4.79 Å².